The second-order valence-electron chi connectivity index (χ2n) is 4.47. The van der Waals surface area contributed by atoms with E-state index in [0.29, 0.717) is 17.7 Å². The average Bonchev–Trinajstić information content (AvgIpc) is 2.75. The third-order valence-electron chi connectivity index (χ3n) is 2.81. The van der Waals surface area contributed by atoms with Gasteiger partial charge in [0.2, 0.25) is 0 Å². The first-order valence-corrected chi connectivity index (χ1v) is 5.76. The number of alkyl halides is 3. The first-order valence-electron chi connectivity index (χ1n) is 5.76. The van der Waals surface area contributed by atoms with Crippen molar-refractivity contribution in [3.05, 3.63) is 53.6 Å². The van der Waals surface area contributed by atoms with Crippen LogP contribution in [0.2, 0.25) is 0 Å². The Morgan fingerprint density at radius 1 is 1.37 bits per heavy atom. The van der Waals surface area contributed by atoms with Gasteiger partial charge in [0.25, 0.3) is 0 Å². The molecule has 2 rings (SSSR count). The van der Waals surface area contributed by atoms with Crippen molar-refractivity contribution < 1.29 is 13.2 Å². The average molecular weight is 269 g/mol. The molecule has 2 N–H and O–H groups in total. The predicted molar refractivity (Wildman–Crippen MR) is 65.3 cm³/mol. The summed E-state index contributed by atoms with van der Waals surface area (Å²) in [6.07, 6.45) is -0.633. The van der Waals surface area contributed by atoms with Crippen LogP contribution < -0.4 is 5.73 Å². The maximum atomic E-state index is 12.6. The number of aryl methyl sites for hydroxylation is 1. The van der Waals surface area contributed by atoms with Gasteiger partial charge >= 0.3 is 6.18 Å². The van der Waals surface area contributed by atoms with E-state index in [2.05, 4.69) is 4.98 Å². The van der Waals surface area contributed by atoms with E-state index in [9.17, 15) is 13.2 Å². The molecule has 0 saturated heterocycles. The maximum absolute atomic E-state index is 12.6. The third kappa shape index (κ3) is 3.35. The highest BCUT2D eigenvalue weighted by Crippen LogP contribution is 2.30. The SMILES string of the molecule is Cn1cnc(C(N)Cc2cccc(C(F)(F)F)c2)c1. The number of benzene rings is 1. The molecule has 1 aromatic carbocycles. The molecule has 3 nitrogen and oxygen atoms in total. The third-order valence-corrected chi connectivity index (χ3v) is 2.81. The van der Waals surface area contributed by atoms with Crippen LogP contribution in [-0.2, 0) is 19.6 Å². The summed E-state index contributed by atoms with van der Waals surface area (Å²) in [5, 5.41) is 0. The van der Waals surface area contributed by atoms with E-state index >= 15 is 0 Å². The highest BCUT2D eigenvalue weighted by Gasteiger charge is 2.30. The van der Waals surface area contributed by atoms with Gasteiger partial charge in [0, 0.05) is 13.2 Å². The second kappa shape index (κ2) is 5.05. The zero-order chi connectivity index (χ0) is 14.0. The van der Waals surface area contributed by atoms with Crippen molar-refractivity contribution in [1.82, 2.24) is 9.55 Å². The number of imidazole rings is 1. The summed E-state index contributed by atoms with van der Waals surface area (Å²) in [5.41, 5.74) is 6.50. The highest BCUT2D eigenvalue weighted by atomic mass is 19.4. The van der Waals surface area contributed by atoms with Gasteiger partial charge in [-0.25, -0.2) is 4.98 Å². The lowest BCUT2D eigenvalue weighted by Gasteiger charge is -2.11. The molecule has 102 valence electrons. The predicted octanol–water partition coefficient (Wildman–Crippen LogP) is 2.68. The van der Waals surface area contributed by atoms with Crippen LogP contribution in [0, 0.1) is 0 Å². The second-order valence-corrected chi connectivity index (χ2v) is 4.47. The Balaban J connectivity index is 2.15. The number of rotatable bonds is 3. The van der Waals surface area contributed by atoms with Gasteiger partial charge in [-0.3, -0.25) is 0 Å². The minimum atomic E-state index is -4.33. The van der Waals surface area contributed by atoms with E-state index in [4.69, 9.17) is 5.73 Å². The number of hydrogen-bond acceptors (Lipinski definition) is 2. The van der Waals surface area contributed by atoms with Crippen LogP contribution in [0.15, 0.2) is 36.8 Å². The summed E-state index contributed by atoms with van der Waals surface area (Å²) >= 11 is 0. The van der Waals surface area contributed by atoms with Crippen LogP contribution in [0.25, 0.3) is 0 Å². The summed E-state index contributed by atoms with van der Waals surface area (Å²) in [6.45, 7) is 0. The molecule has 0 bridgehead atoms. The Morgan fingerprint density at radius 3 is 2.68 bits per heavy atom. The number of aromatic nitrogens is 2. The summed E-state index contributed by atoms with van der Waals surface area (Å²) in [6, 6.07) is 4.80. The highest BCUT2D eigenvalue weighted by molar-refractivity contribution is 5.27. The van der Waals surface area contributed by atoms with Gasteiger partial charge in [0.15, 0.2) is 0 Å². The van der Waals surface area contributed by atoms with Crippen LogP contribution in [0.1, 0.15) is 22.9 Å². The Kier molecular flexibility index (Phi) is 3.61. The molecule has 1 heterocycles. The quantitative estimate of drug-likeness (QED) is 0.931. The van der Waals surface area contributed by atoms with Crippen molar-refractivity contribution in [3.63, 3.8) is 0 Å². The lowest BCUT2D eigenvalue weighted by molar-refractivity contribution is -0.137. The molecular weight excluding hydrogens is 255 g/mol. The van der Waals surface area contributed by atoms with E-state index in [1.165, 1.54) is 6.07 Å². The molecule has 0 radical (unpaired) electrons. The minimum absolute atomic E-state index is 0.320. The Hall–Kier alpha value is -1.82. The lowest BCUT2D eigenvalue weighted by atomic mass is 10.0. The van der Waals surface area contributed by atoms with Gasteiger partial charge in [-0.2, -0.15) is 13.2 Å². The molecule has 1 aromatic heterocycles. The number of hydrogen-bond donors (Lipinski definition) is 1. The topological polar surface area (TPSA) is 43.8 Å². The van der Waals surface area contributed by atoms with Crippen molar-refractivity contribution in [2.45, 2.75) is 18.6 Å². The maximum Gasteiger partial charge on any atom is 0.416 e. The van der Waals surface area contributed by atoms with Crippen molar-refractivity contribution in [2.24, 2.45) is 12.8 Å². The Morgan fingerprint density at radius 2 is 2.11 bits per heavy atom. The van der Waals surface area contributed by atoms with Gasteiger partial charge in [0.1, 0.15) is 0 Å². The molecule has 1 unspecified atom stereocenters. The summed E-state index contributed by atoms with van der Waals surface area (Å²) in [4.78, 5) is 4.10. The zero-order valence-electron chi connectivity index (χ0n) is 10.4. The molecule has 2 aromatic rings. The van der Waals surface area contributed by atoms with Crippen LogP contribution in [0.3, 0.4) is 0 Å². The molecule has 0 aliphatic heterocycles. The van der Waals surface area contributed by atoms with E-state index in [1.807, 2.05) is 7.05 Å². The monoisotopic (exact) mass is 269 g/mol. The van der Waals surface area contributed by atoms with E-state index < -0.39 is 17.8 Å². The number of nitrogens with two attached hydrogens (primary N) is 1. The normalized spacial score (nSPS) is 13.5. The van der Waals surface area contributed by atoms with Gasteiger partial charge < -0.3 is 10.3 Å². The first kappa shape index (κ1) is 13.6. The smallest absolute Gasteiger partial charge is 0.340 e. The van der Waals surface area contributed by atoms with Gasteiger partial charge in [-0.15, -0.1) is 0 Å². The Bertz CT molecular complexity index is 560. The van der Waals surface area contributed by atoms with Crippen LogP contribution in [0.4, 0.5) is 13.2 Å². The molecule has 0 aliphatic rings. The van der Waals surface area contributed by atoms with Crippen LogP contribution in [-0.4, -0.2) is 9.55 Å². The molecule has 0 fully saturated rings. The summed E-state index contributed by atoms with van der Waals surface area (Å²) < 4.78 is 39.5. The van der Waals surface area contributed by atoms with Crippen molar-refractivity contribution in [2.75, 3.05) is 0 Å². The molecule has 19 heavy (non-hydrogen) atoms. The van der Waals surface area contributed by atoms with Gasteiger partial charge in [-0.1, -0.05) is 18.2 Å². The fourth-order valence-electron chi connectivity index (χ4n) is 1.86. The van der Waals surface area contributed by atoms with E-state index in [1.54, 1.807) is 23.2 Å². The molecule has 1 atom stereocenters. The molecule has 0 amide bonds. The standard InChI is InChI=1S/C13H14F3N3/c1-19-7-12(18-8-19)11(17)6-9-3-2-4-10(5-9)13(14,15)16/h2-5,7-8,11H,6,17H2,1H3. The van der Waals surface area contributed by atoms with Crippen LogP contribution >= 0.6 is 0 Å². The number of nitrogens with zero attached hydrogens (tertiary/aromatic N) is 2. The van der Waals surface area contributed by atoms with Crippen LogP contribution in [0.5, 0.6) is 0 Å². The largest absolute Gasteiger partial charge is 0.416 e. The minimum Gasteiger partial charge on any atom is -0.340 e. The van der Waals surface area contributed by atoms with Crippen molar-refractivity contribution >= 4 is 0 Å². The molecule has 0 spiro atoms. The Labute approximate surface area is 108 Å². The van der Waals surface area contributed by atoms with E-state index in [0.717, 1.165) is 12.1 Å². The molecule has 0 aliphatic carbocycles. The summed E-state index contributed by atoms with van der Waals surface area (Å²) in [7, 11) is 1.81. The van der Waals surface area contributed by atoms with Gasteiger partial charge in [-0.05, 0) is 18.1 Å². The van der Waals surface area contributed by atoms with Gasteiger partial charge in [0.05, 0.1) is 23.6 Å². The van der Waals surface area contributed by atoms with Crippen molar-refractivity contribution in [1.29, 1.82) is 0 Å². The summed E-state index contributed by atoms with van der Waals surface area (Å²) in [5.74, 6) is 0. The van der Waals surface area contributed by atoms with Crippen molar-refractivity contribution in [3.8, 4) is 0 Å². The fraction of sp³-hybridized carbons (Fsp3) is 0.308. The zero-order valence-corrected chi connectivity index (χ0v) is 10.4. The van der Waals surface area contributed by atoms with E-state index in [-0.39, 0.29) is 0 Å². The molecule has 0 saturated carbocycles. The lowest BCUT2D eigenvalue weighted by Crippen LogP contribution is -2.14. The fourth-order valence-corrected chi connectivity index (χ4v) is 1.86. The molecular formula is C13H14F3N3. The molecule has 6 heteroatoms. The first-order chi connectivity index (χ1) is 8.86. The number of halogens is 3.